The van der Waals surface area contributed by atoms with Crippen LogP contribution in [0.4, 0.5) is 19.0 Å². The number of piperidine rings is 1. The lowest BCUT2D eigenvalue weighted by atomic mass is 10.0. The first kappa shape index (κ1) is 24.8. The third-order valence-corrected chi connectivity index (χ3v) is 4.44. The van der Waals surface area contributed by atoms with Crippen molar-refractivity contribution < 1.29 is 18.0 Å². The molecule has 1 aromatic rings. The molecular formula is C16H25Cl2F3N4O. The number of aromatic nitrogens is 1. The molecule has 0 aromatic carbocycles. The van der Waals surface area contributed by atoms with Gasteiger partial charge in [0.05, 0.1) is 5.56 Å². The lowest BCUT2D eigenvalue weighted by Crippen LogP contribution is -2.48. The smallest absolute Gasteiger partial charge is 0.356 e. The number of hydrogen-bond acceptors (Lipinski definition) is 4. The molecule has 26 heavy (non-hydrogen) atoms. The number of pyridine rings is 1. The number of nitrogens with one attached hydrogen (secondary N) is 1. The second-order valence-electron chi connectivity index (χ2n) is 6.32. The first-order valence-corrected chi connectivity index (χ1v) is 8.02. The SMILES string of the molecule is CC(N)C(C)C(=O)NC1CCN(c2ccc(C(F)(F)F)cn2)CC1.Cl.Cl. The van der Waals surface area contributed by atoms with E-state index in [1.165, 1.54) is 6.07 Å². The molecule has 5 nitrogen and oxygen atoms in total. The monoisotopic (exact) mass is 416 g/mol. The summed E-state index contributed by atoms with van der Waals surface area (Å²) in [6.07, 6.45) is -2.08. The molecule has 3 N–H and O–H groups in total. The summed E-state index contributed by atoms with van der Waals surface area (Å²) in [5.41, 5.74) is 4.97. The van der Waals surface area contributed by atoms with Crippen LogP contribution in [0.15, 0.2) is 18.3 Å². The number of nitrogens with two attached hydrogens (primary N) is 1. The van der Waals surface area contributed by atoms with Crippen LogP contribution in [0.1, 0.15) is 32.3 Å². The normalized spacial score (nSPS) is 17.5. The van der Waals surface area contributed by atoms with E-state index in [1.54, 1.807) is 13.8 Å². The maximum atomic E-state index is 12.6. The van der Waals surface area contributed by atoms with E-state index in [0.717, 1.165) is 25.1 Å². The van der Waals surface area contributed by atoms with E-state index in [1.807, 2.05) is 4.90 Å². The van der Waals surface area contributed by atoms with Gasteiger partial charge in [-0.3, -0.25) is 4.79 Å². The van der Waals surface area contributed by atoms with Gasteiger partial charge < -0.3 is 16.0 Å². The average Bonchev–Trinajstić information content (AvgIpc) is 2.54. The molecule has 2 heterocycles. The summed E-state index contributed by atoms with van der Waals surface area (Å²) in [6, 6.07) is 2.28. The zero-order valence-electron chi connectivity index (χ0n) is 14.6. The molecule has 2 unspecified atom stereocenters. The van der Waals surface area contributed by atoms with Crippen molar-refractivity contribution in [3.05, 3.63) is 23.9 Å². The molecule has 0 saturated carbocycles. The minimum atomic E-state index is -4.38. The van der Waals surface area contributed by atoms with Crippen molar-refractivity contribution >= 4 is 36.5 Å². The van der Waals surface area contributed by atoms with Crippen molar-refractivity contribution in [3.63, 3.8) is 0 Å². The summed E-state index contributed by atoms with van der Waals surface area (Å²) < 4.78 is 37.7. The van der Waals surface area contributed by atoms with Gasteiger partial charge in [-0.1, -0.05) is 6.92 Å². The summed E-state index contributed by atoms with van der Waals surface area (Å²) in [7, 11) is 0. The van der Waals surface area contributed by atoms with Crippen LogP contribution in [0.3, 0.4) is 0 Å². The highest BCUT2D eigenvalue weighted by Gasteiger charge is 2.31. The van der Waals surface area contributed by atoms with Gasteiger partial charge >= 0.3 is 6.18 Å². The largest absolute Gasteiger partial charge is 0.417 e. The quantitative estimate of drug-likeness (QED) is 0.790. The summed E-state index contributed by atoms with van der Waals surface area (Å²) in [5, 5.41) is 2.99. The molecule has 0 radical (unpaired) electrons. The summed E-state index contributed by atoms with van der Waals surface area (Å²) in [6.45, 7) is 4.86. The summed E-state index contributed by atoms with van der Waals surface area (Å²) in [4.78, 5) is 17.8. The topological polar surface area (TPSA) is 71.2 Å². The third kappa shape index (κ3) is 6.48. The van der Waals surface area contributed by atoms with Crippen LogP contribution in [0, 0.1) is 5.92 Å². The Kier molecular flexibility index (Phi) is 9.69. The Balaban J connectivity index is 0.00000312. The Bertz CT molecular complexity index is 562. The maximum Gasteiger partial charge on any atom is 0.417 e. The Morgan fingerprint density at radius 2 is 1.85 bits per heavy atom. The van der Waals surface area contributed by atoms with Gasteiger partial charge in [0.2, 0.25) is 5.91 Å². The van der Waals surface area contributed by atoms with E-state index >= 15 is 0 Å². The van der Waals surface area contributed by atoms with Gasteiger partial charge in [0.15, 0.2) is 0 Å². The standard InChI is InChI=1S/C16H23F3N4O.2ClH/c1-10(11(2)20)15(24)22-13-5-7-23(8-6-13)14-4-3-12(9-21-14)16(17,18)19;;/h3-4,9-11,13H,5-8,20H2,1-2H3,(H,22,24);2*1H. The predicted octanol–water partition coefficient (Wildman–Crippen LogP) is 3.01. The zero-order valence-corrected chi connectivity index (χ0v) is 16.3. The predicted molar refractivity (Wildman–Crippen MR) is 99.9 cm³/mol. The Hall–Kier alpha value is -1.25. The Morgan fingerprint density at radius 1 is 1.27 bits per heavy atom. The fraction of sp³-hybridized carbons (Fsp3) is 0.625. The third-order valence-electron chi connectivity index (χ3n) is 4.44. The Labute approximate surface area is 163 Å². The van der Waals surface area contributed by atoms with Gasteiger partial charge in [0, 0.05) is 37.3 Å². The number of amides is 1. The first-order valence-electron chi connectivity index (χ1n) is 8.02. The lowest BCUT2D eigenvalue weighted by molar-refractivity contribution is -0.137. The number of carbonyl (C=O) groups excluding carboxylic acids is 1. The zero-order chi connectivity index (χ0) is 17.9. The fourth-order valence-corrected chi connectivity index (χ4v) is 2.57. The first-order chi connectivity index (χ1) is 11.2. The number of carbonyl (C=O) groups is 1. The minimum absolute atomic E-state index is 0. The molecule has 1 saturated heterocycles. The van der Waals surface area contributed by atoms with Gasteiger partial charge in [-0.25, -0.2) is 4.98 Å². The van der Waals surface area contributed by atoms with Crippen molar-refractivity contribution in [1.29, 1.82) is 0 Å². The van der Waals surface area contributed by atoms with Crippen molar-refractivity contribution in [3.8, 4) is 0 Å². The van der Waals surface area contributed by atoms with E-state index in [9.17, 15) is 18.0 Å². The number of alkyl halides is 3. The van der Waals surface area contributed by atoms with Crippen LogP contribution in [0.2, 0.25) is 0 Å². The summed E-state index contributed by atoms with van der Waals surface area (Å²) >= 11 is 0. The number of anilines is 1. The highest BCUT2D eigenvalue weighted by Crippen LogP contribution is 2.29. The molecule has 1 aliphatic rings. The highest BCUT2D eigenvalue weighted by atomic mass is 35.5. The molecule has 1 fully saturated rings. The molecular weight excluding hydrogens is 392 g/mol. The van der Waals surface area contributed by atoms with Crippen LogP contribution < -0.4 is 16.0 Å². The molecule has 0 aliphatic carbocycles. The molecule has 0 bridgehead atoms. The van der Waals surface area contributed by atoms with Crippen LogP contribution >= 0.6 is 24.8 Å². The molecule has 10 heteroatoms. The van der Waals surface area contributed by atoms with E-state index in [2.05, 4.69) is 10.3 Å². The van der Waals surface area contributed by atoms with E-state index < -0.39 is 11.7 Å². The minimum Gasteiger partial charge on any atom is -0.356 e. The van der Waals surface area contributed by atoms with Crippen LogP contribution in [0.25, 0.3) is 0 Å². The maximum absolute atomic E-state index is 12.6. The molecule has 150 valence electrons. The van der Waals surface area contributed by atoms with Crippen molar-refractivity contribution in [2.45, 2.75) is 44.9 Å². The second-order valence-corrected chi connectivity index (χ2v) is 6.32. The van der Waals surface area contributed by atoms with E-state index in [-0.39, 0.29) is 48.7 Å². The van der Waals surface area contributed by atoms with E-state index in [0.29, 0.717) is 18.9 Å². The molecule has 1 aliphatic heterocycles. The number of nitrogens with zero attached hydrogens (tertiary/aromatic N) is 2. The number of rotatable bonds is 4. The highest BCUT2D eigenvalue weighted by molar-refractivity contribution is 5.85. The second kappa shape index (κ2) is 10.2. The number of halogens is 5. The summed E-state index contributed by atoms with van der Waals surface area (Å²) in [5.74, 6) is 0.215. The van der Waals surface area contributed by atoms with E-state index in [4.69, 9.17) is 5.73 Å². The molecule has 0 spiro atoms. The number of hydrogen-bond donors (Lipinski definition) is 2. The molecule has 2 atom stereocenters. The average molecular weight is 417 g/mol. The van der Waals surface area contributed by atoms with Crippen LogP contribution in [0.5, 0.6) is 0 Å². The van der Waals surface area contributed by atoms with Crippen molar-refractivity contribution in [2.24, 2.45) is 11.7 Å². The molecule has 2 rings (SSSR count). The lowest BCUT2D eigenvalue weighted by Gasteiger charge is -2.34. The van der Waals surface area contributed by atoms with Gasteiger partial charge in [0.1, 0.15) is 5.82 Å². The van der Waals surface area contributed by atoms with Gasteiger partial charge in [-0.15, -0.1) is 24.8 Å². The molecule has 1 aromatic heterocycles. The van der Waals surface area contributed by atoms with Crippen LogP contribution in [-0.4, -0.2) is 36.1 Å². The Morgan fingerprint density at radius 3 is 2.27 bits per heavy atom. The van der Waals surface area contributed by atoms with Gasteiger partial charge in [0.25, 0.3) is 0 Å². The van der Waals surface area contributed by atoms with Gasteiger partial charge in [-0.05, 0) is 31.9 Å². The molecule has 1 amide bonds. The van der Waals surface area contributed by atoms with Crippen molar-refractivity contribution in [1.82, 2.24) is 10.3 Å². The fourth-order valence-electron chi connectivity index (χ4n) is 2.57. The van der Waals surface area contributed by atoms with Crippen LogP contribution in [-0.2, 0) is 11.0 Å². The van der Waals surface area contributed by atoms with Crippen molar-refractivity contribution in [2.75, 3.05) is 18.0 Å². The van der Waals surface area contributed by atoms with Gasteiger partial charge in [-0.2, -0.15) is 13.2 Å².